The van der Waals surface area contributed by atoms with Gasteiger partial charge in [-0.15, -0.1) is 0 Å². The molecule has 0 unspecified atom stereocenters. The van der Waals surface area contributed by atoms with Crippen LogP contribution in [0.15, 0.2) is 48.8 Å². The summed E-state index contributed by atoms with van der Waals surface area (Å²) in [6.07, 6.45) is 1.78. The van der Waals surface area contributed by atoms with E-state index in [-0.39, 0.29) is 12.6 Å². The average Bonchev–Trinajstić information content (AvgIpc) is 3.26. The Hall–Kier alpha value is -3.43. The van der Waals surface area contributed by atoms with Crippen molar-refractivity contribution in [3.8, 4) is 5.69 Å². The highest BCUT2D eigenvalue weighted by Crippen LogP contribution is 2.29. The largest absolute Gasteiger partial charge is 0.460 e. The number of methoxy groups -OCH3 is 1. The molecule has 1 aliphatic rings. The lowest BCUT2D eigenvalue weighted by atomic mass is 10.1. The fraction of sp³-hybridized carbons (Fsp3) is 0.444. The van der Waals surface area contributed by atoms with Crippen molar-refractivity contribution in [2.45, 2.75) is 26.4 Å². The molecule has 0 amide bonds. The minimum Gasteiger partial charge on any atom is -0.460 e. The van der Waals surface area contributed by atoms with Gasteiger partial charge in [0.15, 0.2) is 0 Å². The van der Waals surface area contributed by atoms with Gasteiger partial charge in [-0.2, -0.15) is 0 Å². The zero-order valence-corrected chi connectivity index (χ0v) is 21.4. The van der Waals surface area contributed by atoms with E-state index in [1.54, 1.807) is 25.6 Å². The summed E-state index contributed by atoms with van der Waals surface area (Å²) >= 11 is 0. The Kier molecular flexibility index (Phi) is 7.91. The molecule has 36 heavy (non-hydrogen) atoms. The van der Waals surface area contributed by atoms with Crippen molar-refractivity contribution in [1.29, 1.82) is 0 Å². The molecule has 9 nitrogen and oxygen atoms in total. The van der Waals surface area contributed by atoms with Crippen LogP contribution in [0.25, 0.3) is 16.7 Å². The second-order valence-corrected chi connectivity index (χ2v) is 9.79. The van der Waals surface area contributed by atoms with E-state index in [0.717, 1.165) is 43.1 Å². The third-order valence-electron chi connectivity index (χ3n) is 5.93. The highest BCUT2D eigenvalue weighted by molar-refractivity contribution is 5.94. The van der Waals surface area contributed by atoms with Crippen LogP contribution in [0.4, 0.5) is 5.69 Å². The number of piperazine rings is 1. The Balaban J connectivity index is 1.47. The summed E-state index contributed by atoms with van der Waals surface area (Å²) in [6.45, 7) is 9.65. The summed E-state index contributed by atoms with van der Waals surface area (Å²) in [7, 11) is 1.56. The van der Waals surface area contributed by atoms with Gasteiger partial charge in [-0.3, -0.25) is 14.3 Å². The summed E-state index contributed by atoms with van der Waals surface area (Å²) in [6, 6.07) is 13.6. The minimum absolute atomic E-state index is 0.191. The van der Waals surface area contributed by atoms with Crippen molar-refractivity contribution in [2.24, 2.45) is 0 Å². The molecule has 192 valence electrons. The van der Waals surface area contributed by atoms with E-state index < -0.39 is 11.6 Å². The minimum atomic E-state index is -0.476. The van der Waals surface area contributed by atoms with Crippen molar-refractivity contribution in [1.82, 2.24) is 14.5 Å². The van der Waals surface area contributed by atoms with Crippen molar-refractivity contribution in [2.75, 3.05) is 57.9 Å². The summed E-state index contributed by atoms with van der Waals surface area (Å²) in [5.41, 5.74) is 3.70. The number of fused-ring (bicyclic) bond motifs is 1. The van der Waals surface area contributed by atoms with Crippen molar-refractivity contribution < 1.29 is 23.8 Å². The second kappa shape index (κ2) is 11.1. The van der Waals surface area contributed by atoms with Crippen LogP contribution in [0, 0.1) is 0 Å². The third-order valence-corrected chi connectivity index (χ3v) is 5.93. The number of para-hydroxylation sites is 2. The quantitative estimate of drug-likeness (QED) is 0.348. The summed E-state index contributed by atoms with van der Waals surface area (Å²) in [4.78, 5) is 33.5. The van der Waals surface area contributed by atoms with Gasteiger partial charge in [-0.25, -0.2) is 9.78 Å². The van der Waals surface area contributed by atoms with Gasteiger partial charge in [0.2, 0.25) is 0 Å². The first-order valence-electron chi connectivity index (χ1n) is 12.2. The van der Waals surface area contributed by atoms with Crippen molar-refractivity contribution >= 4 is 28.7 Å². The zero-order chi connectivity index (χ0) is 25.7. The maximum Gasteiger partial charge on any atom is 0.338 e. The average molecular weight is 495 g/mol. The molecule has 1 aromatic heterocycles. The van der Waals surface area contributed by atoms with Crippen molar-refractivity contribution in [3.63, 3.8) is 0 Å². The number of carbonyl (C=O) groups is 2. The van der Waals surface area contributed by atoms with E-state index in [0.29, 0.717) is 24.2 Å². The Morgan fingerprint density at radius 2 is 1.69 bits per heavy atom. The fourth-order valence-electron chi connectivity index (χ4n) is 4.27. The molecule has 4 rings (SSSR count). The second-order valence-electron chi connectivity index (χ2n) is 9.79. The van der Waals surface area contributed by atoms with Crippen LogP contribution >= 0.6 is 0 Å². The fourth-order valence-corrected chi connectivity index (χ4v) is 4.27. The van der Waals surface area contributed by atoms with E-state index >= 15 is 0 Å². The molecular weight excluding hydrogens is 460 g/mol. The Morgan fingerprint density at radius 1 is 0.972 bits per heavy atom. The number of carbonyl (C=O) groups excluding carboxylic acids is 2. The molecule has 0 saturated carbocycles. The summed E-state index contributed by atoms with van der Waals surface area (Å²) in [5, 5.41) is 0. The lowest BCUT2D eigenvalue weighted by Crippen LogP contribution is -2.48. The molecule has 2 aromatic carbocycles. The molecule has 0 spiro atoms. The van der Waals surface area contributed by atoms with Gasteiger partial charge < -0.3 is 19.1 Å². The van der Waals surface area contributed by atoms with E-state index in [4.69, 9.17) is 14.2 Å². The molecular formula is C27H34N4O5. The van der Waals surface area contributed by atoms with Crippen LogP contribution < -0.4 is 4.90 Å². The first kappa shape index (κ1) is 25.7. The van der Waals surface area contributed by atoms with Gasteiger partial charge in [-0.1, -0.05) is 12.1 Å². The van der Waals surface area contributed by atoms with E-state index in [1.807, 2.05) is 43.5 Å². The standard InChI is InChI=1S/C27H34N4O5/c1-27(2,3)36-25(32)18-29-11-13-30(14-12-29)23-7-5-6-8-24(23)31-19-28-21-17-20(9-10-22(21)31)26(33)35-16-15-34-4/h5-10,17,19H,11-16,18H2,1-4H3. The number of imidazole rings is 1. The summed E-state index contributed by atoms with van der Waals surface area (Å²) < 4.78 is 17.7. The third kappa shape index (κ3) is 6.22. The first-order chi connectivity index (χ1) is 17.2. The number of aromatic nitrogens is 2. The highest BCUT2D eigenvalue weighted by Gasteiger charge is 2.24. The maximum absolute atomic E-state index is 12.3. The summed E-state index contributed by atoms with van der Waals surface area (Å²) in [5.74, 6) is -0.587. The van der Waals surface area contributed by atoms with Gasteiger partial charge in [0.1, 0.15) is 18.5 Å². The Labute approximate surface area is 211 Å². The molecule has 1 saturated heterocycles. The smallest absolute Gasteiger partial charge is 0.338 e. The SMILES string of the molecule is COCCOC(=O)c1ccc2c(c1)ncn2-c1ccccc1N1CCN(CC(=O)OC(C)(C)C)CC1. The van der Waals surface area contributed by atoms with Crippen LogP contribution in [0.2, 0.25) is 0 Å². The number of nitrogens with zero attached hydrogens (tertiary/aromatic N) is 4. The predicted octanol–water partition coefficient (Wildman–Crippen LogP) is 3.29. The van der Waals surface area contributed by atoms with E-state index in [9.17, 15) is 9.59 Å². The van der Waals surface area contributed by atoms with Crippen LogP contribution in [-0.2, 0) is 19.0 Å². The molecule has 3 aromatic rings. The molecule has 0 aliphatic carbocycles. The lowest BCUT2D eigenvalue weighted by Gasteiger charge is -2.36. The molecule has 2 heterocycles. The molecule has 0 atom stereocenters. The molecule has 0 N–H and O–H groups in total. The monoisotopic (exact) mass is 494 g/mol. The zero-order valence-electron chi connectivity index (χ0n) is 21.4. The lowest BCUT2D eigenvalue weighted by molar-refractivity contribution is -0.156. The van der Waals surface area contributed by atoms with Gasteiger partial charge >= 0.3 is 11.9 Å². The van der Waals surface area contributed by atoms with E-state index in [2.05, 4.69) is 26.9 Å². The van der Waals surface area contributed by atoms with Gasteiger partial charge in [0.05, 0.1) is 41.1 Å². The van der Waals surface area contributed by atoms with Crippen LogP contribution in [0.5, 0.6) is 0 Å². The number of rotatable bonds is 8. The molecule has 9 heteroatoms. The highest BCUT2D eigenvalue weighted by atomic mass is 16.6. The maximum atomic E-state index is 12.3. The number of anilines is 1. The molecule has 1 aliphatic heterocycles. The number of benzene rings is 2. The number of esters is 2. The van der Waals surface area contributed by atoms with E-state index in [1.165, 1.54) is 0 Å². The number of ether oxygens (including phenoxy) is 3. The topological polar surface area (TPSA) is 86.1 Å². The Bertz CT molecular complexity index is 1210. The number of hydrogen-bond acceptors (Lipinski definition) is 8. The first-order valence-corrected chi connectivity index (χ1v) is 12.2. The van der Waals surface area contributed by atoms with Gasteiger partial charge in [0.25, 0.3) is 0 Å². The molecule has 0 radical (unpaired) electrons. The van der Waals surface area contributed by atoms with Crippen molar-refractivity contribution in [3.05, 3.63) is 54.4 Å². The van der Waals surface area contributed by atoms with Gasteiger partial charge in [0, 0.05) is 33.3 Å². The van der Waals surface area contributed by atoms with Crippen LogP contribution in [0.1, 0.15) is 31.1 Å². The normalized spacial score (nSPS) is 14.7. The van der Waals surface area contributed by atoms with Crippen LogP contribution in [0.3, 0.4) is 0 Å². The van der Waals surface area contributed by atoms with Crippen LogP contribution in [-0.4, -0.2) is 85.0 Å². The Morgan fingerprint density at radius 3 is 2.39 bits per heavy atom. The van der Waals surface area contributed by atoms with Gasteiger partial charge in [-0.05, 0) is 51.1 Å². The molecule has 1 fully saturated rings. The predicted molar refractivity (Wildman–Crippen MR) is 138 cm³/mol. The number of hydrogen-bond donors (Lipinski definition) is 0. The molecule has 0 bridgehead atoms.